The summed E-state index contributed by atoms with van der Waals surface area (Å²) in [6.45, 7) is 3.82. The third kappa shape index (κ3) is 4.08. The predicted molar refractivity (Wildman–Crippen MR) is 67.9 cm³/mol. The van der Waals surface area contributed by atoms with Gasteiger partial charge in [-0.05, 0) is 19.9 Å². The number of nitrogens with two attached hydrogens (primary N) is 1. The number of carbonyl (C=O) groups is 2. The van der Waals surface area contributed by atoms with E-state index < -0.39 is 5.91 Å². The highest BCUT2D eigenvalue weighted by molar-refractivity contribution is 7.99. The molecule has 100 valence electrons. The Bertz CT molecular complexity index is 431. The number of thioether (sulfide) groups is 1. The molecule has 1 aromatic rings. The number of hydrogen-bond donors (Lipinski definition) is 2. The Hall–Kier alpha value is -1.47. The van der Waals surface area contributed by atoms with E-state index in [-0.39, 0.29) is 11.7 Å². The number of rotatable bonds is 6. The minimum Gasteiger partial charge on any atom is -0.465 e. The van der Waals surface area contributed by atoms with Crippen LogP contribution in [0, 0.1) is 6.92 Å². The maximum absolute atomic E-state index is 11.3. The Morgan fingerprint density at radius 3 is 2.89 bits per heavy atom. The van der Waals surface area contributed by atoms with Crippen LogP contribution in [0.3, 0.4) is 0 Å². The monoisotopic (exact) mass is 272 g/mol. The lowest BCUT2D eigenvalue weighted by Gasteiger charge is -1.99. The molecule has 18 heavy (non-hydrogen) atoms. The summed E-state index contributed by atoms with van der Waals surface area (Å²) in [4.78, 5) is 22.4. The maximum Gasteiger partial charge on any atom is 0.315 e. The second-order valence-electron chi connectivity index (χ2n) is 3.45. The number of ether oxygens (including phenoxy) is 1. The molecule has 0 aliphatic heterocycles. The molecule has 3 N–H and O–H groups in total. The first-order valence-corrected chi connectivity index (χ1v) is 6.57. The highest BCUT2D eigenvalue weighted by Gasteiger charge is 2.14. The summed E-state index contributed by atoms with van der Waals surface area (Å²) >= 11 is 1.36. The van der Waals surface area contributed by atoms with E-state index in [0.717, 1.165) is 0 Å². The summed E-state index contributed by atoms with van der Waals surface area (Å²) in [5.74, 6) is 6.28. The molecule has 0 atom stereocenters. The fourth-order valence-corrected chi connectivity index (χ4v) is 2.05. The molecule has 0 saturated heterocycles. The van der Waals surface area contributed by atoms with Gasteiger partial charge in [-0.15, -0.1) is 11.8 Å². The molecule has 0 radical (unpaired) electrons. The van der Waals surface area contributed by atoms with Gasteiger partial charge in [-0.1, -0.05) is 0 Å². The highest BCUT2D eigenvalue weighted by atomic mass is 32.2. The first-order valence-electron chi connectivity index (χ1n) is 5.42. The van der Waals surface area contributed by atoms with Crippen LogP contribution in [0.15, 0.2) is 10.5 Å². The lowest BCUT2D eigenvalue weighted by molar-refractivity contribution is -0.139. The molecule has 0 aliphatic rings. The molecule has 0 aromatic carbocycles. The van der Waals surface area contributed by atoms with Gasteiger partial charge in [0, 0.05) is 0 Å². The number of esters is 1. The largest absolute Gasteiger partial charge is 0.465 e. The number of aryl methyl sites for hydroxylation is 1. The predicted octanol–water partition coefficient (Wildman–Crippen LogP) is 0.988. The summed E-state index contributed by atoms with van der Waals surface area (Å²) < 4.78 is 10.2. The van der Waals surface area contributed by atoms with Crippen LogP contribution >= 0.6 is 11.8 Å². The number of carbonyl (C=O) groups excluding carboxylic acids is 2. The van der Waals surface area contributed by atoms with E-state index in [0.29, 0.717) is 29.4 Å². The van der Waals surface area contributed by atoms with Crippen molar-refractivity contribution in [3.05, 3.63) is 23.2 Å². The summed E-state index contributed by atoms with van der Waals surface area (Å²) in [6.07, 6.45) is 0. The maximum atomic E-state index is 11.3. The molecular formula is C11H16N2O4S. The number of amides is 1. The van der Waals surface area contributed by atoms with E-state index in [9.17, 15) is 9.59 Å². The Morgan fingerprint density at radius 2 is 2.28 bits per heavy atom. The van der Waals surface area contributed by atoms with Gasteiger partial charge in [-0.2, -0.15) is 0 Å². The molecule has 1 rings (SSSR count). The van der Waals surface area contributed by atoms with E-state index in [4.69, 9.17) is 15.0 Å². The Balaban J connectivity index is 2.49. The molecule has 6 nitrogen and oxygen atoms in total. The number of hydrogen-bond acceptors (Lipinski definition) is 6. The average Bonchev–Trinajstić information content (AvgIpc) is 2.70. The van der Waals surface area contributed by atoms with Gasteiger partial charge < -0.3 is 9.15 Å². The van der Waals surface area contributed by atoms with Crippen molar-refractivity contribution >= 4 is 23.6 Å². The van der Waals surface area contributed by atoms with Crippen molar-refractivity contribution in [1.29, 1.82) is 0 Å². The molecule has 0 saturated carbocycles. The third-order valence-corrected chi connectivity index (χ3v) is 3.04. The first kappa shape index (κ1) is 14.6. The minimum absolute atomic E-state index is 0.256. The molecule has 7 heteroatoms. The summed E-state index contributed by atoms with van der Waals surface area (Å²) in [7, 11) is 0. The molecule has 1 heterocycles. The summed E-state index contributed by atoms with van der Waals surface area (Å²) in [5.41, 5.74) is 2.45. The standard InChI is InChI=1S/C11H16N2O4S/c1-3-16-10(14)6-18-5-8-4-9(7(2)17-8)11(15)13-12/h4H,3,5-6,12H2,1-2H3,(H,13,15). The molecular weight excluding hydrogens is 256 g/mol. The topological polar surface area (TPSA) is 94.6 Å². The van der Waals surface area contributed by atoms with Crippen molar-refractivity contribution in [1.82, 2.24) is 5.43 Å². The van der Waals surface area contributed by atoms with E-state index in [1.807, 2.05) is 5.43 Å². The van der Waals surface area contributed by atoms with Crippen LogP contribution < -0.4 is 11.3 Å². The Labute approximate surface area is 109 Å². The van der Waals surface area contributed by atoms with Gasteiger partial charge in [0.05, 0.1) is 23.7 Å². The van der Waals surface area contributed by atoms with Crippen molar-refractivity contribution in [2.24, 2.45) is 5.84 Å². The Morgan fingerprint density at radius 1 is 1.56 bits per heavy atom. The lowest BCUT2D eigenvalue weighted by atomic mass is 10.2. The zero-order chi connectivity index (χ0) is 13.5. The molecule has 0 bridgehead atoms. The highest BCUT2D eigenvalue weighted by Crippen LogP contribution is 2.19. The smallest absolute Gasteiger partial charge is 0.315 e. The van der Waals surface area contributed by atoms with E-state index in [1.165, 1.54) is 11.8 Å². The van der Waals surface area contributed by atoms with E-state index in [1.54, 1.807) is 19.9 Å². The fourth-order valence-electron chi connectivity index (χ4n) is 1.36. The van der Waals surface area contributed by atoms with Crippen LogP contribution in [-0.2, 0) is 15.3 Å². The second kappa shape index (κ2) is 7.07. The number of nitrogen functional groups attached to an aromatic ring is 1. The van der Waals surface area contributed by atoms with Crippen LogP contribution in [0.25, 0.3) is 0 Å². The van der Waals surface area contributed by atoms with E-state index >= 15 is 0 Å². The van der Waals surface area contributed by atoms with Crippen molar-refractivity contribution in [3.63, 3.8) is 0 Å². The van der Waals surface area contributed by atoms with Crippen LogP contribution in [0.4, 0.5) is 0 Å². The van der Waals surface area contributed by atoms with E-state index in [2.05, 4.69) is 0 Å². The molecule has 0 aliphatic carbocycles. The fraction of sp³-hybridized carbons (Fsp3) is 0.455. The SMILES string of the molecule is CCOC(=O)CSCc1cc(C(=O)NN)c(C)o1. The van der Waals surface area contributed by atoms with Gasteiger partial charge in [0.15, 0.2) is 0 Å². The van der Waals surface area contributed by atoms with Crippen LogP contribution in [0.2, 0.25) is 0 Å². The first-order chi connectivity index (χ1) is 8.58. The van der Waals surface area contributed by atoms with Gasteiger partial charge in [0.25, 0.3) is 5.91 Å². The molecule has 0 spiro atoms. The van der Waals surface area contributed by atoms with Gasteiger partial charge in [0.1, 0.15) is 11.5 Å². The zero-order valence-electron chi connectivity index (χ0n) is 10.3. The van der Waals surface area contributed by atoms with Crippen molar-refractivity contribution in [3.8, 4) is 0 Å². The number of furan rings is 1. The molecule has 0 fully saturated rings. The van der Waals surface area contributed by atoms with Crippen molar-refractivity contribution < 1.29 is 18.7 Å². The van der Waals surface area contributed by atoms with Crippen molar-refractivity contribution in [2.45, 2.75) is 19.6 Å². The Kier molecular flexibility index (Phi) is 5.73. The number of hydrazine groups is 1. The lowest BCUT2D eigenvalue weighted by Crippen LogP contribution is -2.30. The van der Waals surface area contributed by atoms with Gasteiger partial charge in [-0.25, -0.2) is 5.84 Å². The minimum atomic E-state index is -0.391. The van der Waals surface area contributed by atoms with Crippen LogP contribution in [0.5, 0.6) is 0 Å². The molecule has 1 aromatic heterocycles. The van der Waals surface area contributed by atoms with Crippen molar-refractivity contribution in [2.75, 3.05) is 12.4 Å². The second-order valence-corrected chi connectivity index (χ2v) is 4.44. The average molecular weight is 272 g/mol. The number of nitrogens with one attached hydrogen (secondary N) is 1. The normalized spacial score (nSPS) is 10.2. The van der Waals surface area contributed by atoms with Crippen LogP contribution in [-0.4, -0.2) is 24.2 Å². The van der Waals surface area contributed by atoms with Gasteiger partial charge in [-0.3, -0.25) is 15.0 Å². The third-order valence-electron chi connectivity index (χ3n) is 2.11. The van der Waals surface area contributed by atoms with Gasteiger partial charge >= 0.3 is 5.97 Å². The molecule has 1 amide bonds. The summed E-state index contributed by atoms with van der Waals surface area (Å²) in [6, 6.07) is 1.62. The molecule has 0 unspecified atom stereocenters. The quantitative estimate of drug-likeness (QED) is 0.347. The zero-order valence-corrected chi connectivity index (χ0v) is 11.1. The van der Waals surface area contributed by atoms with Gasteiger partial charge in [0.2, 0.25) is 0 Å². The summed E-state index contributed by atoms with van der Waals surface area (Å²) in [5, 5.41) is 0. The van der Waals surface area contributed by atoms with Crippen LogP contribution in [0.1, 0.15) is 28.8 Å².